The van der Waals surface area contributed by atoms with Gasteiger partial charge in [-0.1, -0.05) is 65.9 Å². The van der Waals surface area contributed by atoms with Crippen molar-refractivity contribution in [1.29, 1.82) is 0 Å². The van der Waals surface area contributed by atoms with Crippen LogP contribution in [0.2, 0.25) is 0 Å². The van der Waals surface area contributed by atoms with Gasteiger partial charge in [0.15, 0.2) is 5.82 Å². The highest BCUT2D eigenvalue weighted by Gasteiger charge is 2.28. The molecule has 3 aromatic carbocycles. The molecule has 0 saturated carbocycles. The predicted molar refractivity (Wildman–Crippen MR) is 127 cm³/mol. The molecule has 1 aliphatic heterocycles. The quantitative estimate of drug-likeness (QED) is 0.442. The van der Waals surface area contributed by atoms with Crippen LogP contribution in [0.4, 0.5) is 0 Å². The molecule has 7 nitrogen and oxygen atoms in total. The molecule has 0 saturated heterocycles. The lowest BCUT2D eigenvalue weighted by molar-refractivity contribution is 0.290. The van der Waals surface area contributed by atoms with Crippen molar-refractivity contribution in [3.8, 4) is 5.75 Å². The number of nitrogens with zero attached hydrogens (tertiary/aromatic N) is 5. The third-order valence-electron chi connectivity index (χ3n) is 5.59. The van der Waals surface area contributed by atoms with Crippen LogP contribution in [0.1, 0.15) is 28.6 Å². The topological polar surface area (TPSA) is 79.3 Å². The summed E-state index contributed by atoms with van der Waals surface area (Å²) in [5, 5.41) is 15.0. The summed E-state index contributed by atoms with van der Waals surface area (Å²) in [5.74, 6) is 1.47. The first-order chi connectivity index (χ1) is 16.4. The van der Waals surface area contributed by atoms with E-state index in [0.29, 0.717) is 19.1 Å². The van der Waals surface area contributed by atoms with Gasteiger partial charge in [0.05, 0.1) is 6.04 Å². The molecule has 0 aliphatic carbocycles. The second-order valence-corrected chi connectivity index (χ2v) is 7.77. The predicted octanol–water partition coefficient (Wildman–Crippen LogP) is 4.45. The molecule has 5 rings (SSSR count). The molecule has 7 heteroatoms. The van der Waals surface area contributed by atoms with E-state index in [9.17, 15) is 0 Å². The summed E-state index contributed by atoms with van der Waals surface area (Å²) in [5.41, 5.74) is 4.48. The van der Waals surface area contributed by atoms with Crippen molar-refractivity contribution in [2.24, 2.45) is 4.99 Å². The van der Waals surface area contributed by atoms with Crippen LogP contribution in [-0.4, -0.2) is 38.4 Å². The largest absolute Gasteiger partial charge is 0.489 e. The zero-order chi connectivity index (χ0) is 22.3. The monoisotopic (exact) mass is 436 g/mol. The highest BCUT2D eigenvalue weighted by Crippen LogP contribution is 2.32. The Bertz CT molecular complexity index is 1200. The summed E-state index contributed by atoms with van der Waals surface area (Å²) in [6, 6.07) is 28.5. The Morgan fingerprint density at radius 3 is 2.30 bits per heavy atom. The fourth-order valence-electron chi connectivity index (χ4n) is 3.91. The van der Waals surface area contributed by atoms with E-state index in [0.717, 1.165) is 29.0 Å². The normalized spacial score (nSPS) is 14.1. The van der Waals surface area contributed by atoms with Crippen LogP contribution in [0.25, 0.3) is 5.70 Å². The molecule has 1 unspecified atom stereocenters. The molecule has 1 atom stereocenters. The maximum atomic E-state index is 5.95. The van der Waals surface area contributed by atoms with Gasteiger partial charge < -0.3 is 9.64 Å². The van der Waals surface area contributed by atoms with E-state index in [2.05, 4.69) is 66.9 Å². The van der Waals surface area contributed by atoms with Gasteiger partial charge >= 0.3 is 0 Å². The molecule has 2 heterocycles. The van der Waals surface area contributed by atoms with Crippen LogP contribution in [0.15, 0.2) is 96.0 Å². The lowest BCUT2D eigenvalue weighted by Crippen LogP contribution is -2.32. The molecular formula is C26H24N6O. The van der Waals surface area contributed by atoms with Crippen LogP contribution in [0.3, 0.4) is 0 Å². The highest BCUT2D eigenvalue weighted by atomic mass is 16.5. The zero-order valence-electron chi connectivity index (χ0n) is 18.1. The van der Waals surface area contributed by atoms with Crippen LogP contribution in [-0.2, 0) is 13.0 Å². The zero-order valence-corrected chi connectivity index (χ0v) is 18.1. The number of aromatic amines is 1. The van der Waals surface area contributed by atoms with Gasteiger partial charge in [-0.3, -0.25) is 4.99 Å². The number of hydrogen-bond donors (Lipinski definition) is 1. The second kappa shape index (κ2) is 9.91. The molecular weight excluding hydrogens is 412 g/mol. The first-order valence-corrected chi connectivity index (χ1v) is 10.9. The van der Waals surface area contributed by atoms with Gasteiger partial charge in [-0.2, -0.15) is 5.21 Å². The van der Waals surface area contributed by atoms with Crippen LogP contribution < -0.4 is 4.74 Å². The smallest absolute Gasteiger partial charge is 0.197 e. The fourth-order valence-corrected chi connectivity index (χ4v) is 3.91. The third-order valence-corrected chi connectivity index (χ3v) is 5.59. The van der Waals surface area contributed by atoms with Crippen molar-refractivity contribution in [2.75, 3.05) is 6.67 Å². The van der Waals surface area contributed by atoms with E-state index >= 15 is 0 Å². The van der Waals surface area contributed by atoms with Crippen molar-refractivity contribution in [2.45, 2.75) is 19.1 Å². The molecule has 164 valence electrons. The van der Waals surface area contributed by atoms with Crippen molar-refractivity contribution in [3.05, 3.63) is 114 Å². The molecule has 0 amide bonds. The minimum absolute atomic E-state index is 0.108. The molecule has 0 fully saturated rings. The number of aliphatic imine (C=N–C) groups is 1. The Kier molecular flexibility index (Phi) is 6.20. The van der Waals surface area contributed by atoms with Gasteiger partial charge in [0.25, 0.3) is 0 Å². The van der Waals surface area contributed by atoms with Crippen molar-refractivity contribution < 1.29 is 4.74 Å². The van der Waals surface area contributed by atoms with E-state index in [1.54, 1.807) is 0 Å². The molecule has 1 aliphatic rings. The summed E-state index contributed by atoms with van der Waals surface area (Å²) >= 11 is 0. The minimum Gasteiger partial charge on any atom is -0.489 e. The number of benzene rings is 3. The highest BCUT2D eigenvalue weighted by molar-refractivity contribution is 5.85. The number of rotatable bonds is 8. The summed E-state index contributed by atoms with van der Waals surface area (Å²) in [6.45, 7) is 1.06. The molecule has 4 aromatic rings. The van der Waals surface area contributed by atoms with Gasteiger partial charge in [0.1, 0.15) is 19.0 Å². The Hall–Kier alpha value is -4.26. The summed E-state index contributed by atoms with van der Waals surface area (Å²) in [7, 11) is 0. The number of nitrogens with one attached hydrogen (secondary N) is 1. The SMILES string of the molecule is C1=NCN(C(Cc2ccccc2)c2nn[nH]n2)C(c2ccc(OCc3ccccc3)cc2)=C1. The number of hydrogen-bond acceptors (Lipinski definition) is 6. The maximum Gasteiger partial charge on any atom is 0.197 e. The molecule has 0 radical (unpaired) electrons. The van der Waals surface area contributed by atoms with Gasteiger partial charge in [-0.15, -0.1) is 10.2 Å². The summed E-state index contributed by atoms with van der Waals surface area (Å²) in [6.07, 6.45) is 4.62. The molecule has 1 N–H and O–H groups in total. The van der Waals surface area contributed by atoms with Crippen LogP contribution in [0, 0.1) is 0 Å². The fraction of sp³-hybridized carbons (Fsp3) is 0.154. The minimum atomic E-state index is -0.108. The Morgan fingerprint density at radius 1 is 0.879 bits per heavy atom. The number of allylic oxidation sites excluding steroid dienone is 1. The lowest BCUT2D eigenvalue weighted by Gasteiger charge is -2.34. The average Bonchev–Trinajstić information content (AvgIpc) is 3.43. The Labute approximate surface area is 192 Å². The average molecular weight is 437 g/mol. The van der Waals surface area contributed by atoms with Gasteiger partial charge in [-0.05, 0) is 47.0 Å². The van der Waals surface area contributed by atoms with Crippen LogP contribution in [0.5, 0.6) is 5.75 Å². The van der Waals surface area contributed by atoms with E-state index in [4.69, 9.17) is 4.74 Å². The van der Waals surface area contributed by atoms with E-state index in [1.165, 1.54) is 5.56 Å². The number of aromatic nitrogens is 4. The number of H-pyrrole nitrogens is 1. The van der Waals surface area contributed by atoms with Crippen molar-refractivity contribution >= 4 is 11.9 Å². The van der Waals surface area contributed by atoms with Crippen molar-refractivity contribution in [1.82, 2.24) is 25.5 Å². The molecule has 0 spiro atoms. The number of tetrazole rings is 1. The summed E-state index contributed by atoms with van der Waals surface area (Å²) in [4.78, 5) is 6.72. The Morgan fingerprint density at radius 2 is 1.61 bits per heavy atom. The Balaban J connectivity index is 1.37. The standard InChI is InChI=1S/C26H24N6O/c1-3-7-20(8-4-1)17-25(26-28-30-31-29-26)32-19-27-16-15-24(32)22-11-13-23(14-12-22)33-18-21-9-5-2-6-10-21/h1-16,25H,17-19H2,(H,28,29,30,31). The number of ether oxygens (including phenoxy) is 1. The maximum absolute atomic E-state index is 5.95. The van der Waals surface area contributed by atoms with E-state index < -0.39 is 0 Å². The molecule has 1 aromatic heterocycles. The van der Waals surface area contributed by atoms with Crippen LogP contribution >= 0.6 is 0 Å². The molecule has 0 bridgehead atoms. The second-order valence-electron chi connectivity index (χ2n) is 7.77. The third kappa shape index (κ3) is 4.98. The first kappa shape index (κ1) is 20.6. The first-order valence-electron chi connectivity index (χ1n) is 10.9. The van der Waals surface area contributed by atoms with Crippen molar-refractivity contribution in [3.63, 3.8) is 0 Å². The lowest BCUT2D eigenvalue weighted by atomic mass is 10.0. The van der Waals surface area contributed by atoms with E-state index in [1.807, 2.05) is 60.8 Å². The molecule has 33 heavy (non-hydrogen) atoms. The summed E-state index contributed by atoms with van der Waals surface area (Å²) < 4.78 is 5.95. The van der Waals surface area contributed by atoms with Gasteiger partial charge in [0.2, 0.25) is 0 Å². The van der Waals surface area contributed by atoms with E-state index in [-0.39, 0.29) is 6.04 Å². The van der Waals surface area contributed by atoms with Gasteiger partial charge in [-0.25, -0.2) is 0 Å². The van der Waals surface area contributed by atoms with Gasteiger partial charge in [0, 0.05) is 18.3 Å².